The summed E-state index contributed by atoms with van der Waals surface area (Å²) in [5.41, 5.74) is 6.47. The summed E-state index contributed by atoms with van der Waals surface area (Å²) in [6.07, 6.45) is 3.54. The number of aliphatic hydroxyl groups excluding tert-OH is 1. The second-order valence-electron chi connectivity index (χ2n) is 10.4. The Bertz CT molecular complexity index is 1650. The third-order valence-corrected chi connectivity index (χ3v) is 7.55. The Hall–Kier alpha value is -4.59. The third-order valence-electron chi connectivity index (χ3n) is 7.55. The first-order valence-electron chi connectivity index (χ1n) is 13.8. The molecule has 3 N–H and O–H groups in total. The fourth-order valence-electron chi connectivity index (χ4n) is 5.36. The second-order valence-corrected chi connectivity index (χ2v) is 10.4. The minimum Gasteiger partial charge on any atom is -0.390 e. The van der Waals surface area contributed by atoms with Crippen LogP contribution in [0.3, 0.4) is 0 Å². The van der Waals surface area contributed by atoms with Gasteiger partial charge >= 0.3 is 0 Å². The van der Waals surface area contributed by atoms with E-state index in [9.17, 15) is 14.3 Å². The number of benzene rings is 4. The minimum atomic E-state index is -0.774. The zero-order valence-electron chi connectivity index (χ0n) is 22.5. The molecule has 0 aliphatic heterocycles. The van der Waals surface area contributed by atoms with Crippen molar-refractivity contribution < 1.29 is 14.3 Å². The lowest BCUT2D eigenvalue weighted by molar-refractivity contribution is 0.0854. The first-order chi connectivity index (χ1) is 20.0. The van der Waals surface area contributed by atoms with Crippen LogP contribution in [0.25, 0.3) is 22.4 Å². The Morgan fingerprint density at radius 2 is 1.68 bits per heavy atom. The van der Waals surface area contributed by atoms with Crippen LogP contribution in [0.5, 0.6) is 0 Å². The topological polar surface area (TPSA) is 79.2 Å². The number of nitrogens with one attached hydrogen (secondary N) is 2. The number of aliphatic hydroxyl groups is 1. The van der Waals surface area contributed by atoms with Crippen LogP contribution in [-0.2, 0) is 19.5 Å². The van der Waals surface area contributed by atoms with Crippen LogP contribution in [0.2, 0.25) is 0 Å². The van der Waals surface area contributed by atoms with Crippen molar-refractivity contribution in [2.75, 3.05) is 6.54 Å². The van der Waals surface area contributed by atoms with Crippen LogP contribution in [0.15, 0.2) is 110 Å². The van der Waals surface area contributed by atoms with Gasteiger partial charge in [0.25, 0.3) is 5.91 Å². The number of carbonyl (C=O) groups excluding carboxylic acids is 1. The molecule has 0 spiro atoms. The molecule has 2 atom stereocenters. The molecule has 6 rings (SSSR count). The standard InChI is InChI=1S/C34H31FN4O2/c35-30-18-26(24-7-3-1-4-8-24)13-14-28(30)34(41)38-33-29-17-23(11-12-27(29)19-32(33)40)20-36-15-16-39-21-31(37-22-39)25-9-5-2-6-10-25/h1-14,17-18,21-22,32-33,36,40H,15-16,19-20H2,(H,38,41)/t32-,33-/m1/s1. The number of hydrogen-bond donors (Lipinski definition) is 3. The smallest absolute Gasteiger partial charge is 0.254 e. The molecule has 4 aromatic carbocycles. The van der Waals surface area contributed by atoms with Gasteiger partial charge in [0.15, 0.2) is 0 Å². The normalized spacial score (nSPS) is 16.0. The Morgan fingerprint density at radius 1 is 0.927 bits per heavy atom. The van der Waals surface area contributed by atoms with Crippen molar-refractivity contribution in [2.24, 2.45) is 0 Å². The Morgan fingerprint density at radius 3 is 2.44 bits per heavy atom. The molecule has 206 valence electrons. The summed E-state index contributed by atoms with van der Waals surface area (Å²) in [7, 11) is 0. The van der Waals surface area contributed by atoms with Gasteiger partial charge in [0, 0.05) is 37.8 Å². The summed E-state index contributed by atoms with van der Waals surface area (Å²) in [5.74, 6) is -1.14. The average molecular weight is 547 g/mol. The SMILES string of the molecule is O=C(N[C@@H]1c2cc(CNCCn3cnc(-c4ccccc4)c3)ccc2C[C@H]1O)c1ccc(-c2ccccc2)cc1F. The maximum absolute atomic E-state index is 15.0. The molecule has 1 amide bonds. The van der Waals surface area contributed by atoms with Crippen LogP contribution in [0.4, 0.5) is 4.39 Å². The lowest BCUT2D eigenvalue weighted by Crippen LogP contribution is -2.34. The molecule has 0 fully saturated rings. The van der Waals surface area contributed by atoms with Gasteiger partial charge in [-0.25, -0.2) is 9.37 Å². The van der Waals surface area contributed by atoms with E-state index in [-0.39, 0.29) is 5.56 Å². The molecule has 6 nitrogen and oxygen atoms in total. The van der Waals surface area contributed by atoms with Gasteiger partial charge in [0.1, 0.15) is 5.82 Å². The highest BCUT2D eigenvalue weighted by Crippen LogP contribution is 2.33. The molecule has 41 heavy (non-hydrogen) atoms. The highest BCUT2D eigenvalue weighted by atomic mass is 19.1. The average Bonchev–Trinajstić information content (AvgIpc) is 3.60. The van der Waals surface area contributed by atoms with Crippen molar-refractivity contribution in [1.29, 1.82) is 0 Å². The Kier molecular flexibility index (Phi) is 7.71. The summed E-state index contributed by atoms with van der Waals surface area (Å²) >= 11 is 0. The number of nitrogens with zero attached hydrogens (tertiary/aromatic N) is 2. The first-order valence-corrected chi connectivity index (χ1v) is 13.8. The zero-order chi connectivity index (χ0) is 28.2. The van der Waals surface area contributed by atoms with Gasteiger partial charge in [-0.05, 0) is 39.9 Å². The maximum Gasteiger partial charge on any atom is 0.254 e. The van der Waals surface area contributed by atoms with Crippen molar-refractivity contribution in [3.8, 4) is 22.4 Å². The number of imidazole rings is 1. The van der Waals surface area contributed by atoms with Crippen LogP contribution < -0.4 is 10.6 Å². The van der Waals surface area contributed by atoms with Crippen molar-refractivity contribution in [2.45, 2.75) is 31.7 Å². The van der Waals surface area contributed by atoms with E-state index >= 15 is 0 Å². The van der Waals surface area contributed by atoms with Crippen molar-refractivity contribution in [3.63, 3.8) is 0 Å². The number of halogens is 1. The van der Waals surface area contributed by atoms with Crippen LogP contribution >= 0.6 is 0 Å². The van der Waals surface area contributed by atoms with Crippen molar-refractivity contribution in [1.82, 2.24) is 20.2 Å². The zero-order valence-corrected chi connectivity index (χ0v) is 22.5. The van der Waals surface area contributed by atoms with Gasteiger partial charge in [-0.15, -0.1) is 0 Å². The lowest BCUT2D eigenvalue weighted by atomic mass is 10.0. The molecule has 0 bridgehead atoms. The molecule has 1 heterocycles. The quantitative estimate of drug-likeness (QED) is 0.212. The molecular weight excluding hydrogens is 515 g/mol. The number of rotatable bonds is 9. The van der Waals surface area contributed by atoms with Crippen LogP contribution in [0, 0.1) is 5.82 Å². The molecule has 1 aliphatic rings. The van der Waals surface area contributed by atoms with E-state index in [0.717, 1.165) is 46.6 Å². The van der Waals surface area contributed by atoms with Crippen molar-refractivity contribution >= 4 is 5.91 Å². The van der Waals surface area contributed by atoms with Crippen LogP contribution in [0.1, 0.15) is 33.1 Å². The summed E-state index contributed by atoms with van der Waals surface area (Å²) in [6, 6.07) is 29.6. The van der Waals surface area contributed by atoms with E-state index in [4.69, 9.17) is 0 Å². The minimum absolute atomic E-state index is 0.0434. The number of fused-ring (bicyclic) bond motifs is 1. The monoisotopic (exact) mass is 546 g/mol. The third kappa shape index (κ3) is 5.96. The Balaban J connectivity index is 1.07. The molecule has 5 aromatic rings. The van der Waals surface area contributed by atoms with E-state index in [0.29, 0.717) is 18.5 Å². The van der Waals surface area contributed by atoms with Crippen LogP contribution in [-0.4, -0.2) is 33.2 Å². The molecular formula is C34H31FN4O2. The Labute approximate surface area is 238 Å². The van der Waals surface area contributed by atoms with Gasteiger partial charge in [-0.2, -0.15) is 0 Å². The molecule has 0 saturated heterocycles. The highest BCUT2D eigenvalue weighted by Gasteiger charge is 2.33. The molecule has 7 heteroatoms. The highest BCUT2D eigenvalue weighted by molar-refractivity contribution is 5.95. The van der Waals surface area contributed by atoms with Crippen molar-refractivity contribution in [3.05, 3.63) is 138 Å². The predicted octanol–water partition coefficient (Wildman–Crippen LogP) is 5.53. The molecule has 1 aromatic heterocycles. The first kappa shape index (κ1) is 26.6. The summed E-state index contributed by atoms with van der Waals surface area (Å²) in [5, 5.41) is 17.1. The van der Waals surface area contributed by atoms with E-state index in [1.165, 1.54) is 12.1 Å². The molecule has 0 unspecified atom stereocenters. The number of amides is 1. The molecule has 1 aliphatic carbocycles. The summed E-state index contributed by atoms with van der Waals surface area (Å²) in [6.45, 7) is 2.17. The predicted molar refractivity (Wildman–Crippen MR) is 158 cm³/mol. The largest absolute Gasteiger partial charge is 0.390 e. The number of aromatic nitrogens is 2. The van der Waals surface area contributed by atoms with Gasteiger partial charge < -0.3 is 20.3 Å². The maximum atomic E-state index is 15.0. The molecule has 0 radical (unpaired) electrons. The van der Waals surface area contributed by atoms with Gasteiger partial charge in [0.2, 0.25) is 0 Å². The fraction of sp³-hybridized carbons (Fsp3) is 0.176. The molecule has 0 saturated carbocycles. The van der Waals surface area contributed by atoms with Gasteiger partial charge in [-0.3, -0.25) is 4.79 Å². The van der Waals surface area contributed by atoms with Gasteiger partial charge in [0.05, 0.1) is 29.7 Å². The second kappa shape index (κ2) is 11.9. The van der Waals surface area contributed by atoms with E-state index in [2.05, 4.69) is 20.2 Å². The fourth-order valence-corrected chi connectivity index (χ4v) is 5.36. The number of hydrogen-bond acceptors (Lipinski definition) is 4. The number of carbonyl (C=O) groups is 1. The van der Waals surface area contributed by atoms with E-state index < -0.39 is 23.9 Å². The van der Waals surface area contributed by atoms with E-state index in [1.54, 1.807) is 6.07 Å². The van der Waals surface area contributed by atoms with Gasteiger partial charge in [-0.1, -0.05) is 84.9 Å². The lowest BCUT2D eigenvalue weighted by Gasteiger charge is -2.19. The summed E-state index contributed by atoms with van der Waals surface area (Å²) < 4.78 is 17.0. The van der Waals surface area contributed by atoms with E-state index in [1.807, 2.05) is 91.4 Å². The summed E-state index contributed by atoms with van der Waals surface area (Å²) in [4.78, 5) is 17.6.